The molecule has 5 nitrogen and oxygen atoms in total. The summed E-state index contributed by atoms with van der Waals surface area (Å²) in [6.07, 6.45) is 2.05. The lowest BCUT2D eigenvalue weighted by molar-refractivity contribution is 0.249. The summed E-state index contributed by atoms with van der Waals surface area (Å²) in [5, 5.41) is 5.75. The summed E-state index contributed by atoms with van der Waals surface area (Å²) in [7, 11) is 0. The third kappa shape index (κ3) is 4.03. The third-order valence-electron chi connectivity index (χ3n) is 2.17. The molecule has 4 N–H and O–H groups in total. The minimum absolute atomic E-state index is 0.478. The Labute approximate surface area is 89.6 Å². The smallest absolute Gasteiger partial charge is 0.312 e. The number of aromatic nitrogens is 1. The molecule has 84 valence electrons. The number of nitrogens with zero attached hydrogens (tertiary/aromatic N) is 1. The molecule has 2 amide bonds. The molecular formula is C10H18N4O. The van der Waals surface area contributed by atoms with Crippen LogP contribution in [0, 0.1) is 0 Å². The van der Waals surface area contributed by atoms with Gasteiger partial charge >= 0.3 is 6.03 Å². The van der Waals surface area contributed by atoms with Gasteiger partial charge in [-0.3, -0.25) is 0 Å². The lowest BCUT2D eigenvalue weighted by atomic mass is 10.4. The van der Waals surface area contributed by atoms with Gasteiger partial charge in [-0.15, -0.1) is 0 Å². The molecule has 5 heteroatoms. The predicted octanol–water partition coefficient (Wildman–Crippen LogP) is 0.266. The van der Waals surface area contributed by atoms with Crippen molar-refractivity contribution in [3.05, 3.63) is 24.0 Å². The molecule has 0 fully saturated rings. The monoisotopic (exact) mass is 210 g/mol. The molecule has 0 aliphatic rings. The number of urea groups is 1. The third-order valence-corrected chi connectivity index (χ3v) is 2.17. The second-order valence-electron chi connectivity index (χ2n) is 3.25. The van der Waals surface area contributed by atoms with Crippen molar-refractivity contribution >= 4 is 6.03 Å². The molecule has 0 aromatic carbocycles. The van der Waals surface area contributed by atoms with Crippen LogP contribution in [0.5, 0.6) is 0 Å². The number of primary amides is 1. The van der Waals surface area contributed by atoms with Gasteiger partial charge in [0.2, 0.25) is 0 Å². The van der Waals surface area contributed by atoms with Crippen LogP contribution in [-0.2, 0) is 13.1 Å². The summed E-state index contributed by atoms with van der Waals surface area (Å²) in [5.41, 5.74) is 6.18. The zero-order valence-corrected chi connectivity index (χ0v) is 8.99. The van der Waals surface area contributed by atoms with Gasteiger partial charge in [-0.25, -0.2) is 4.79 Å². The summed E-state index contributed by atoms with van der Waals surface area (Å²) < 4.78 is 2.18. The average Bonchev–Trinajstić information content (AvgIpc) is 2.64. The van der Waals surface area contributed by atoms with Crippen LogP contribution in [-0.4, -0.2) is 23.7 Å². The number of nitrogens with one attached hydrogen (secondary N) is 2. The van der Waals surface area contributed by atoms with Crippen molar-refractivity contribution in [1.29, 1.82) is 0 Å². The van der Waals surface area contributed by atoms with E-state index in [9.17, 15) is 4.79 Å². The Morgan fingerprint density at radius 3 is 3.00 bits per heavy atom. The molecule has 0 unspecified atom stereocenters. The number of amides is 2. The average molecular weight is 210 g/mol. The highest BCUT2D eigenvalue weighted by Crippen LogP contribution is 2.00. The maximum absolute atomic E-state index is 10.4. The summed E-state index contributed by atoms with van der Waals surface area (Å²) in [5.74, 6) is 0. The zero-order chi connectivity index (χ0) is 11.1. The molecule has 15 heavy (non-hydrogen) atoms. The molecule has 0 saturated carbocycles. The van der Waals surface area contributed by atoms with E-state index in [1.165, 1.54) is 5.69 Å². The molecule has 0 atom stereocenters. The van der Waals surface area contributed by atoms with Crippen LogP contribution in [0.4, 0.5) is 4.79 Å². The van der Waals surface area contributed by atoms with Gasteiger partial charge in [-0.2, -0.15) is 0 Å². The van der Waals surface area contributed by atoms with Crippen LogP contribution < -0.4 is 16.4 Å². The van der Waals surface area contributed by atoms with E-state index in [0.29, 0.717) is 6.54 Å². The highest BCUT2D eigenvalue weighted by molar-refractivity contribution is 5.71. The quantitative estimate of drug-likeness (QED) is 0.590. The Bertz CT molecular complexity index is 308. The standard InChI is InChI=1S/C10H18N4O/c1-2-14-7-3-4-9(14)8-12-5-6-13-10(11)15/h3-4,7,12H,2,5-6,8H2,1H3,(H3,11,13,15). The zero-order valence-electron chi connectivity index (χ0n) is 8.99. The van der Waals surface area contributed by atoms with Gasteiger partial charge in [-0.05, 0) is 19.1 Å². The number of carbonyl (C=O) groups is 1. The molecule has 1 heterocycles. The second kappa shape index (κ2) is 6.08. The van der Waals surface area contributed by atoms with Crippen LogP contribution in [0.25, 0.3) is 0 Å². The topological polar surface area (TPSA) is 72.1 Å². The SMILES string of the molecule is CCn1cccc1CNCCNC(N)=O. The summed E-state index contributed by atoms with van der Waals surface area (Å²) >= 11 is 0. The summed E-state index contributed by atoms with van der Waals surface area (Å²) in [4.78, 5) is 10.4. The Morgan fingerprint density at radius 2 is 2.33 bits per heavy atom. The van der Waals surface area contributed by atoms with E-state index in [1.807, 2.05) is 6.07 Å². The molecular weight excluding hydrogens is 192 g/mol. The number of aryl methyl sites for hydroxylation is 1. The summed E-state index contributed by atoms with van der Waals surface area (Å²) in [6, 6.07) is 3.63. The van der Waals surface area contributed by atoms with E-state index in [0.717, 1.165) is 19.6 Å². The van der Waals surface area contributed by atoms with Gasteiger partial charge < -0.3 is 20.9 Å². The maximum atomic E-state index is 10.4. The molecule has 0 bridgehead atoms. The van der Waals surface area contributed by atoms with Crippen molar-refractivity contribution in [2.45, 2.75) is 20.0 Å². The van der Waals surface area contributed by atoms with Gasteiger partial charge in [0.15, 0.2) is 0 Å². The van der Waals surface area contributed by atoms with E-state index in [-0.39, 0.29) is 0 Å². The van der Waals surface area contributed by atoms with Crippen molar-refractivity contribution < 1.29 is 4.79 Å². The van der Waals surface area contributed by atoms with E-state index in [4.69, 9.17) is 5.73 Å². The lowest BCUT2D eigenvalue weighted by Crippen LogP contribution is -2.35. The fourth-order valence-corrected chi connectivity index (χ4v) is 1.41. The van der Waals surface area contributed by atoms with Crippen molar-refractivity contribution in [3.63, 3.8) is 0 Å². The number of carbonyl (C=O) groups excluding carboxylic acids is 1. The normalized spacial score (nSPS) is 10.2. The van der Waals surface area contributed by atoms with Gasteiger partial charge in [-0.1, -0.05) is 0 Å². The van der Waals surface area contributed by atoms with E-state index in [2.05, 4.69) is 34.4 Å². The fraction of sp³-hybridized carbons (Fsp3) is 0.500. The largest absolute Gasteiger partial charge is 0.352 e. The lowest BCUT2D eigenvalue weighted by Gasteiger charge is -2.08. The van der Waals surface area contributed by atoms with E-state index in [1.54, 1.807) is 0 Å². The number of rotatable bonds is 6. The van der Waals surface area contributed by atoms with E-state index >= 15 is 0 Å². The minimum Gasteiger partial charge on any atom is -0.352 e. The minimum atomic E-state index is -0.478. The first-order valence-corrected chi connectivity index (χ1v) is 5.12. The number of hydrogen-bond acceptors (Lipinski definition) is 2. The first-order chi connectivity index (χ1) is 7.24. The van der Waals surface area contributed by atoms with E-state index < -0.39 is 6.03 Å². The van der Waals surface area contributed by atoms with Gasteiger partial charge in [0.1, 0.15) is 0 Å². The predicted molar refractivity (Wildman–Crippen MR) is 59.4 cm³/mol. The highest BCUT2D eigenvalue weighted by Gasteiger charge is 1.97. The molecule has 0 aliphatic heterocycles. The Kier molecular flexibility index (Phi) is 4.70. The number of nitrogens with two attached hydrogens (primary N) is 1. The molecule has 0 aliphatic carbocycles. The van der Waals surface area contributed by atoms with Crippen molar-refractivity contribution in [3.8, 4) is 0 Å². The molecule has 0 radical (unpaired) electrons. The molecule has 1 aromatic rings. The van der Waals surface area contributed by atoms with Gasteiger partial charge in [0, 0.05) is 38.1 Å². The van der Waals surface area contributed by atoms with Crippen molar-refractivity contribution in [2.24, 2.45) is 5.73 Å². The molecule has 0 spiro atoms. The first kappa shape index (κ1) is 11.6. The van der Waals surface area contributed by atoms with Crippen molar-refractivity contribution in [2.75, 3.05) is 13.1 Å². The number of hydrogen-bond donors (Lipinski definition) is 3. The van der Waals surface area contributed by atoms with Crippen LogP contribution in [0.2, 0.25) is 0 Å². The highest BCUT2D eigenvalue weighted by atomic mass is 16.2. The molecule has 1 rings (SSSR count). The molecule has 1 aromatic heterocycles. The second-order valence-corrected chi connectivity index (χ2v) is 3.25. The van der Waals surface area contributed by atoms with Crippen LogP contribution >= 0.6 is 0 Å². The van der Waals surface area contributed by atoms with Gasteiger partial charge in [0.25, 0.3) is 0 Å². The van der Waals surface area contributed by atoms with Crippen LogP contribution in [0.1, 0.15) is 12.6 Å². The summed E-state index contributed by atoms with van der Waals surface area (Å²) in [6.45, 7) is 5.17. The fourth-order valence-electron chi connectivity index (χ4n) is 1.41. The molecule has 0 saturated heterocycles. The Hall–Kier alpha value is -1.49. The van der Waals surface area contributed by atoms with Gasteiger partial charge in [0.05, 0.1) is 0 Å². The van der Waals surface area contributed by atoms with Crippen LogP contribution in [0.3, 0.4) is 0 Å². The van der Waals surface area contributed by atoms with Crippen LogP contribution in [0.15, 0.2) is 18.3 Å². The Balaban J connectivity index is 2.17. The van der Waals surface area contributed by atoms with Crippen molar-refractivity contribution in [1.82, 2.24) is 15.2 Å². The first-order valence-electron chi connectivity index (χ1n) is 5.12. The maximum Gasteiger partial charge on any atom is 0.312 e. The Morgan fingerprint density at radius 1 is 1.53 bits per heavy atom.